The highest BCUT2D eigenvalue weighted by molar-refractivity contribution is 5.64. The summed E-state index contributed by atoms with van der Waals surface area (Å²) in [7, 11) is 0. The van der Waals surface area contributed by atoms with Crippen LogP contribution in [0.2, 0.25) is 0 Å². The van der Waals surface area contributed by atoms with Gasteiger partial charge in [0.05, 0.1) is 0 Å². The Morgan fingerprint density at radius 1 is 0.724 bits per heavy atom. The van der Waals surface area contributed by atoms with Gasteiger partial charge in [0, 0.05) is 5.56 Å². The predicted octanol–water partition coefficient (Wildman–Crippen LogP) is 8.26. The zero-order valence-electron chi connectivity index (χ0n) is 17.7. The molecule has 2 aromatic carbocycles. The first-order valence-corrected chi connectivity index (χ1v) is 11.6. The SMILES string of the molecule is Cc1c(F)cc(-c2ccc(CCC3CCC(C4CCCCC4)CC3)cc2)cc1F. The molecule has 0 aliphatic heterocycles. The second-order valence-electron chi connectivity index (χ2n) is 9.48. The van der Waals surface area contributed by atoms with Crippen LogP contribution in [0, 0.1) is 36.3 Å². The van der Waals surface area contributed by atoms with Crippen molar-refractivity contribution in [3.8, 4) is 11.1 Å². The van der Waals surface area contributed by atoms with Gasteiger partial charge in [0.25, 0.3) is 0 Å². The Labute approximate surface area is 174 Å². The van der Waals surface area contributed by atoms with E-state index in [1.165, 1.54) is 88.8 Å². The van der Waals surface area contributed by atoms with Crippen molar-refractivity contribution >= 4 is 0 Å². The standard InChI is InChI=1S/C27H34F2/c1-19-26(28)17-25(18-27(19)29)24-15-11-21(12-16-24)8-7-20-9-13-23(14-10-20)22-5-3-2-4-6-22/h11-12,15-18,20,22-23H,2-10,13-14H2,1H3. The third kappa shape index (κ3) is 5.08. The van der Waals surface area contributed by atoms with E-state index in [9.17, 15) is 8.78 Å². The van der Waals surface area contributed by atoms with Gasteiger partial charge in [-0.05, 0) is 79.2 Å². The van der Waals surface area contributed by atoms with Crippen molar-refractivity contribution in [2.75, 3.05) is 0 Å². The zero-order valence-corrected chi connectivity index (χ0v) is 17.7. The molecule has 2 saturated carbocycles. The van der Waals surface area contributed by atoms with E-state index in [4.69, 9.17) is 0 Å². The molecule has 2 aliphatic carbocycles. The van der Waals surface area contributed by atoms with Crippen LogP contribution in [0.4, 0.5) is 8.78 Å². The first kappa shape index (κ1) is 20.6. The second-order valence-corrected chi connectivity index (χ2v) is 9.48. The van der Waals surface area contributed by atoms with Crippen molar-refractivity contribution < 1.29 is 8.78 Å². The van der Waals surface area contributed by atoms with Gasteiger partial charge in [-0.25, -0.2) is 8.78 Å². The summed E-state index contributed by atoms with van der Waals surface area (Å²) in [6.45, 7) is 1.47. The van der Waals surface area contributed by atoms with E-state index in [0.717, 1.165) is 29.7 Å². The molecule has 156 valence electrons. The Morgan fingerprint density at radius 3 is 1.93 bits per heavy atom. The maximum Gasteiger partial charge on any atom is 0.129 e. The van der Waals surface area contributed by atoms with Gasteiger partial charge in [-0.15, -0.1) is 0 Å². The van der Waals surface area contributed by atoms with Crippen LogP contribution in [0.3, 0.4) is 0 Å². The summed E-state index contributed by atoms with van der Waals surface area (Å²) in [5.74, 6) is 1.94. The molecule has 2 fully saturated rings. The molecule has 0 aromatic heterocycles. The summed E-state index contributed by atoms with van der Waals surface area (Å²) in [6.07, 6.45) is 15.4. The average Bonchev–Trinajstić information content (AvgIpc) is 2.77. The lowest BCUT2D eigenvalue weighted by atomic mass is 9.70. The molecule has 0 amide bonds. The van der Waals surface area contributed by atoms with Gasteiger partial charge in [-0.3, -0.25) is 0 Å². The Hall–Kier alpha value is -1.70. The number of aryl methyl sites for hydroxylation is 1. The highest BCUT2D eigenvalue weighted by atomic mass is 19.1. The first-order chi connectivity index (χ1) is 14.1. The third-order valence-electron chi connectivity index (χ3n) is 7.62. The average molecular weight is 397 g/mol. The van der Waals surface area contributed by atoms with Gasteiger partial charge >= 0.3 is 0 Å². The van der Waals surface area contributed by atoms with Crippen LogP contribution in [0.1, 0.15) is 75.3 Å². The molecule has 2 aliphatic rings. The van der Waals surface area contributed by atoms with Gasteiger partial charge in [0.2, 0.25) is 0 Å². The van der Waals surface area contributed by atoms with Crippen LogP contribution in [-0.4, -0.2) is 0 Å². The fraction of sp³-hybridized carbons (Fsp3) is 0.556. The summed E-state index contributed by atoms with van der Waals surface area (Å²) >= 11 is 0. The Balaban J connectivity index is 1.28. The predicted molar refractivity (Wildman–Crippen MR) is 117 cm³/mol. The topological polar surface area (TPSA) is 0 Å². The monoisotopic (exact) mass is 396 g/mol. The lowest BCUT2D eigenvalue weighted by Gasteiger charge is -2.36. The van der Waals surface area contributed by atoms with E-state index in [1.807, 2.05) is 12.1 Å². The molecule has 0 nitrogen and oxygen atoms in total. The number of hydrogen-bond acceptors (Lipinski definition) is 0. The van der Waals surface area contributed by atoms with Crippen molar-refractivity contribution in [1.82, 2.24) is 0 Å². The van der Waals surface area contributed by atoms with Crippen LogP contribution in [0.25, 0.3) is 11.1 Å². The molecular formula is C27H34F2. The van der Waals surface area contributed by atoms with Crippen LogP contribution in [-0.2, 0) is 6.42 Å². The molecule has 0 unspecified atom stereocenters. The molecule has 0 saturated heterocycles. The van der Waals surface area contributed by atoms with Crippen molar-refractivity contribution in [3.05, 3.63) is 59.2 Å². The van der Waals surface area contributed by atoms with Gasteiger partial charge in [-0.1, -0.05) is 69.2 Å². The van der Waals surface area contributed by atoms with E-state index in [2.05, 4.69) is 12.1 Å². The molecule has 29 heavy (non-hydrogen) atoms. The lowest BCUT2D eigenvalue weighted by Crippen LogP contribution is -2.23. The van der Waals surface area contributed by atoms with Gasteiger partial charge < -0.3 is 0 Å². The number of rotatable bonds is 5. The molecule has 0 N–H and O–H groups in total. The lowest BCUT2D eigenvalue weighted by molar-refractivity contribution is 0.163. The summed E-state index contributed by atoms with van der Waals surface area (Å²) in [5.41, 5.74) is 2.90. The van der Waals surface area contributed by atoms with Crippen LogP contribution in [0.5, 0.6) is 0 Å². The first-order valence-electron chi connectivity index (χ1n) is 11.6. The quantitative estimate of drug-likeness (QED) is 0.477. The molecule has 0 atom stereocenters. The van der Waals surface area contributed by atoms with Crippen molar-refractivity contribution in [2.45, 2.75) is 77.6 Å². The number of benzene rings is 2. The second kappa shape index (κ2) is 9.41. The maximum atomic E-state index is 13.8. The van der Waals surface area contributed by atoms with E-state index < -0.39 is 11.6 Å². The minimum Gasteiger partial charge on any atom is -0.207 e. The van der Waals surface area contributed by atoms with Gasteiger partial charge in [0.15, 0.2) is 0 Å². The van der Waals surface area contributed by atoms with Crippen LogP contribution in [0.15, 0.2) is 36.4 Å². The van der Waals surface area contributed by atoms with E-state index >= 15 is 0 Å². The van der Waals surface area contributed by atoms with Gasteiger partial charge in [0.1, 0.15) is 11.6 Å². The third-order valence-corrected chi connectivity index (χ3v) is 7.62. The van der Waals surface area contributed by atoms with E-state index in [1.54, 1.807) is 0 Å². The molecule has 0 radical (unpaired) electrons. The highest BCUT2D eigenvalue weighted by Crippen LogP contribution is 2.41. The van der Waals surface area contributed by atoms with E-state index in [0.29, 0.717) is 5.56 Å². The van der Waals surface area contributed by atoms with Crippen LogP contribution >= 0.6 is 0 Å². The summed E-state index contributed by atoms with van der Waals surface area (Å²) < 4.78 is 27.7. The van der Waals surface area contributed by atoms with Crippen LogP contribution < -0.4 is 0 Å². The highest BCUT2D eigenvalue weighted by Gasteiger charge is 2.28. The molecule has 0 heterocycles. The summed E-state index contributed by atoms with van der Waals surface area (Å²) in [5, 5.41) is 0. The summed E-state index contributed by atoms with van der Waals surface area (Å²) in [6, 6.07) is 11.1. The maximum absolute atomic E-state index is 13.8. The summed E-state index contributed by atoms with van der Waals surface area (Å²) in [4.78, 5) is 0. The normalized spacial score (nSPS) is 23.3. The zero-order chi connectivity index (χ0) is 20.2. The molecule has 2 aromatic rings. The molecular weight excluding hydrogens is 362 g/mol. The smallest absolute Gasteiger partial charge is 0.129 e. The Kier molecular flexibility index (Phi) is 6.67. The van der Waals surface area contributed by atoms with Crippen molar-refractivity contribution in [1.29, 1.82) is 0 Å². The Bertz CT molecular complexity index is 771. The van der Waals surface area contributed by atoms with E-state index in [-0.39, 0.29) is 5.56 Å². The minimum atomic E-state index is -0.479. The minimum absolute atomic E-state index is 0.0866. The van der Waals surface area contributed by atoms with Crippen molar-refractivity contribution in [2.24, 2.45) is 17.8 Å². The largest absolute Gasteiger partial charge is 0.207 e. The number of halogens is 2. The molecule has 0 spiro atoms. The van der Waals surface area contributed by atoms with Crippen molar-refractivity contribution in [3.63, 3.8) is 0 Å². The molecule has 2 heteroatoms. The number of hydrogen-bond donors (Lipinski definition) is 0. The molecule has 0 bridgehead atoms. The van der Waals surface area contributed by atoms with Gasteiger partial charge in [-0.2, -0.15) is 0 Å². The Morgan fingerprint density at radius 2 is 1.31 bits per heavy atom. The fourth-order valence-corrected chi connectivity index (χ4v) is 5.60. The molecule has 4 rings (SSSR count). The fourth-order valence-electron chi connectivity index (χ4n) is 5.60.